The van der Waals surface area contributed by atoms with Gasteiger partial charge >= 0.3 is 0 Å². The van der Waals surface area contributed by atoms with E-state index in [2.05, 4.69) is 10.0 Å². The molecule has 0 aromatic heterocycles. The molecule has 2 aromatic carbocycles. The molecule has 1 aliphatic rings. The van der Waals surface area contributed by atoms with Gasteiger partial charge in [0.25, 0.3) is 0 Å². The normalized spacial score (nSPS) is 13.2. The summed E-state index contributed by atoms with van der Waals surface area (Å²) in [5.74, 6) is 0.458. The predicted molar refractivity (Wildman–Crippen MR) is 101 cm³/mol. The zero-order valence-corrected chi connectivity index (χ0v) is 16.3. The summed E-state index contributed by atoms with van der Waals surface area (Å²) in [6.07, 6.45) is 0. The van der Waals surface area contributed by atoms with Gasteiger partial charge in [0.2, 0.25) is 10.0 Å². The van der Waals surface area contributed by atoms with Crippen molar-refractivity contribution in [2.75, 3.05) is 7.11 Å². The summed E-state index contributed by atoms with van der Waals surface area (Å²) in [5, 5.41) is 3.54. The van der Waals surface area contributed by atoms with Gasteiger partial charge in [0.1, 0.15) is 5.75 Å². The van der Waals surface area contributed by atoms with E-state index >= 15 is 0 Å². The molecule has 2 aromatic rings. The Morgan fingerprint density at radius 3 is 2.64 bits per heavy atom. The lowest BCUT2D eigenvalue weighted by Crippen LogP contribution is -2.24. The number of aryl methyl sites for hydroxylation is 1. The third-order valence-electron chi connectivity index (χ3n) is 4.11. The first kappa shape index (κ1) is 20.0. The molecule has 25 heavy (non-hydrogen) atoms. The zero-order valence-electron chi connectivity index (χ0n) is 13.9. The van der Waals surface area contributed by atoms with E-state index in [1.165, 1.54) is 24.3 Å². The second-order valence-electron chi connectivity index (χ2n) is 5.78. The lowest BCUT2D eigenvalue weighted by Gasteiger charge is -2.12. The number of nitrogens with one attached hydrogen (secondary N) is 2. The van der Waals surface area contributed by atoms with E-state index < -0.39 is 10.0 Å². The van der Waals surface area contributed by atoms with Gasteiger partial charge < -0.3 is 10.1 Å². The van der Waals surface area contributed by atoms with Crippen LogP contribution in [0.5, 0.6) is 5.75 Å². The molecule has 0 aliphatic carbocycles. The van der Waals surface area contributed by atoms with Crippen molar-refractivity contribution >= 4 is 34.0 Å². The molecule has 0 fully saturated rings. The zero-order chi connectivity index (χ0) is 17.3. The van der Waals surface area contributed by atoms with Gasteiger partial charge in [-0.1, -0.05) is 29.8 Å². The summed E-state index contributed by atoms with van der Waals surface area (Å²) in [7, 11) is -2.16. The molecule has 5 nitrogen and oxygen atoms in total. The molecule has 8 heteroatoms. The van der Waals surface area contributed by atoms with Crippen molar-refractivity contribution in [2.45, 2.75) is 31.5 Å². The molecule has 3 rings (SSSR count). The molecule has 1 aliphatic heterocycles. The summed E-state index contributed by atoms with van der Waals surface area (Å²) in [5.41, 5.74) is 4.00. The first-order valence-corrected chi connectivity index (χ1v) is 9.42. The molecule has 0 spiro atoms. The van der Waals surface area contributed by atoms with Crippen LogP contribution in [0.15, 0.2) is 35.2 Å². The molecule has 0 saturated carbocycles. The van der Waals surface area contributed by atoms with E-state index in [-0.39, 0.29) is 28.9 Å². The summed E-state index contributed by atoms with van der Waals surface area (Å²) >= 11 is 6.06. The van der Waals surface area contributed by atoms with Gasteiger partial charge in [-0.15, -0.1) is 12.4 Å². The Morgan fingerprint density at radius 2 is 1.92 bits per heavy atom. The lowest BCUT2D eigenvalue weighted by molar-refractivity contribution is 0.414. The average Bonchev–Trinajstić information content (AvgIpc) is 3.02. The van der Waals surface area contributed by atoms with Crippen LogP contribution >= 0.6 is 24.0 Å². The van der Waals surface area contributed by atoms with Gasteiger partial charge in [-0.05, 0) is 41.3 Å². The quantitative estimate of drug-likeness (QED) is 0.805. The van der Waals surface area contributed by atoms with E-state index in [1.54, 1.807) is 13.0 Å². The molecule has 0 unspecified atom stereocenters. The van der Waals surface area contributed by atoms with Crippen molar-refractivity contribution in [1.29, 1.82) is 0 Å². The average molecular weight is 403 g/mol. The van der Waals surface area contributed by atoms with Gasteiger partial charge in [0.05, 0.1) is 17.0 Å². The van der Waals surface area contributed by atoms with E-state index in [4.69, 9.17) is 16.3 Å². The number of hydrogen-bond donors (Lipinski definition) is 2. The second-order valence-corrected chi connectivity index (χ2v) is 7.93. The van der Waals surface area contributed by atoms with Gasteiger partial charge in [-0.2, -0.15) is 0 Å². The van der Waals surface area contributed by atoms with E-state index in [9.17, 15) is 8.42 Å². The fourth-order valence-corrected chi connectivity index (χ4v) is 4.37. The highest BCUT2D eigenvalue weighted by Crippen LogP contribution is 2.30. The SMILES string of the molecule is COc1cc(C)c(S(=O)(=O)NCc2ccc3c(c2)CNC3)cc1Cl.Cl. The topological polar surface area (TPSA) is 67.4 Å². The minimum absolute atomic E-state index is 0. The molecule has 0 atom stereocenters. The van der Waals surface area contributed by atoms with Crippen LogP contribution in [0, 0.1) is 6.92 Å². The van der Waals surface area contributed by atoms with Gasteiger partial charge in [0, 0.05) is 19.6 Å². The number of fused-ring (bicyclic) bond motifs is 1. The van der Waals surface area contributed by atoms with Crippen LogP contribution in [-0.4, -0.2) is 15.5 Å². The minimum atomic E-state index is -3.66. The fourth-order valence-electron chi connectivity index (χ4n) is 2.80. The monoisotopic (exact) mass is 402 g/mol. The van der Waals surface area contributed by atoms with E-state index in [0.717, 1.165) is 18.7 Å². The second kappa shape index (κ2) is 7.93. The van der Waals surface area contributed by atoms with Crippen LogP contribution in [-0.2, 0) is 29.7 Å². The highest BCUT2D eigenvalue weighted by Gasteiger charge is 2.19. The smallest absolute Gasteiger partial charge is 0.241 e. The van der Waals surface area contributed by atoms with Crippen LogP contribution in [0.4, 0.5) is 0 Å². The fraction of sp³-hybridized carbons (Fsp3) is 0.294. The number of halogens is 2. The van der Waals surface area contributed by atoms with Crippen molar-refractivity contribution in [3.63, 3.8) is 0 Å². The number of rotatable bonds is 5. The van der Waals surface area contributed by atoms with Crippen molar-refractivity contribution in [2.24, 2.45) is 0 Å². The van der Waals surface area contributed by atoms with Crippen molar-refractivity contribution < 1.29 is 13.2 Å². The molecular weight excluding hydrogens is 383 g/mol. The van der Waals surface area contributed by atoms with Gasteiger partial charge in [0.15, 0.2) is 0 Å². The summed E-state index contributed by atoms with van der Waals surface area (Å²) < 4.78 is 32.9. The summed E-state index contributed by atoms with van der Waals surface area (Å²) in [4.78, 5) is 0.163. The first-order valence-electron chi connectivity index (χ1n) is 7.56. The maximum atomic E-state index is 12.6. The standard InChI is InChI=1S/C17H19ClN2O3S.ClH/c1-11-5-16(23-2)15(18)7-17(11)24(21,22)20-8-12-3-4-13-9-19-10-14(13)6-12;/h3-7,19-20H,8-10H2,1-2H3;1H. The Kier molecular flexibility index (Phi) is 6.35. The van der Waals surface area contributed by atoms with Crippen molar-refractivity contribution in [1.82, 2.24) is 10.0 Å². The third kappa shape index (κ3) is 4.27. The molecule has 2 N–H and O–H groups in total. The number of hydrogen-bond acceptors (Lipinski definition) is 4. The Labute approximate surface area is 159 Å². The Bertz CT molecular complexity index is 886. The summed E-state index contributed by atoms with van der Waals surface area (Å²) in [6.45, 7) is 3.64. The molecular formula is C17H20Cl2N2O3S. The van der Waals surface area contributed by atoms with Crippen molar-refractivity contribution in [3.05, 3.63) is 57.6 Å². The Morgan fingerprint density at radius 1 is 1.20 bits per heavy atom. The first-order chi connectivity index (χ1) is 11.4. The molecule has 1 heterocycles. The summed E-state index contributed by atoms with van der Waals surface area (Å²) in [6, 6.07) is 9.06. The predicted octanol–water partition coefficient (Wildman–Crippen LogP) is 3.16. The maximum absolute atomic E-state index is 12.6. The largest absolute Gasteiger partial charge is 0.495 e. The van der Waals surface area contributed by atoms with Crippen LogP contribution in [0.25, 0.3) is 0 Å². The van der Waals surface area contributed by atoms with Crippen LogP contribution in [0.3, 0.4) is 0 Å². The Balaban J connectivity index is 0.00000225. The highest BCUT2D eigenvalue weighted by molar-refractivity contribution is 7.89. The molecule has 0 radical (unpaired) electrons. The third-order valence-corrected chi connectivity index (χ3v) is 5.95. The molecule has 0 amide bonds. The van der Waals surface area contributed by atoms with E-state index in [0.29, 0.717) is 11.3 Å². The highest BCUT2D eigenvalue weighted by atomic mass is 35.5. The van der Waals surface area contributed by atoms with Crippen molar-refractivity contribution in [3.8, 4) is 5.75 Å². The number of sulfonamides is 1. The minimum Gasteiger partial charge on any atom is -0.495 e. The van der Waals surface area contributed by atoms with Crippen LogP contribution in [0.1, 0.15) is 22.3 Å². The molecule has 136 valence electrons. The maximum Gasteiger partial charge on any atom is 0.241 e. The van der Waals surface area contributed by atoms with Gasteiger partial charge in [-0.25, -0.2) is 13.1 Å². The van der Waals surface area contributed by atoms with E-state index in [1.807, 2.05) is 18.2 Å². The molecule has 0 saturated heterocycles. The van der Waals surface area contributed by atoms with Crippen LogP contribution in [0.2, 0.25) is 5.02 Å². The number of ether oxygens (including phenoxy) is 1. The lowest BCUT2D eigenvalue weighted by atomic mass is 10.1. The van der Waals surface area contributed by atoms with Gasteiger partial charge in [-0.3, -0.25) is 0 Å². The number of methoxy groups -OCH3 is 1. The number of benzene rings is 2. The Hall–Kier alpha value is -1.31. The molecule has 0 bridgehead atoms. The van der Waals surface area contributed by atoms with Crippen LogP contribution < -0.4 is 14.8 Å².